The minimum Gasteiger partial charge on any atom is -0.254 e. The maximum absolute atomic E-state index is 5.18. The van der Waals surface area contributed by atoms with E-state index >= 15 is 0 Å². The lowest BCUT2D eigenvalue weighted by Crippen LogP contribution is -2.00. The molecule has 6 aromatic carbocycles. The summed E-state index contributed by atoms with van der Waals surface area (Å²) in [5.74, 6) is 1.93. The van der Waals surface area contributed by atoms with E-state index < -0.39 is 0 Å². The Hall–Kier alpha value is -6.85. The number of hydrogen-bond acceptors (Lipinski definition) is 5. The van der Waals surface area contributed by atoms with E-state index in [0.29, 0.717) is 17.5 Å². The zero-order chi connectivity index (χ0) is 33.3. The number of pyridine rings is 2. The van der Waals surface area contributed by atoms with Gasteiger partial charge in [0.25, 0.3) is 0 Å². The van der Waals surface area contributed by atoms with Gasteiger partial charge in [0.1, 0.15) is 0 Å². The van der Waals surface area contributed by atoms with E-state index in [2.05, 4.69) is 97.1 Å². The second-order valence-corrected chi connectivity index (χ2v) is 12.2. The van der Waals surface area contributed by atoms with Crippen LogP contribution in [-0.4, -0.2) is 24.9 Å². The van der Waals surface area contributed by atoms with Crippen LogP contribution < -0.4 is 0 Å². The van der Waals surface area contributed by atoms with Gasteiger partial charge in [-0.05, 0) is 34.4 Å². The molecule has 5 heteroatoms. The minimum absolute atomic E-state index is 0.637. The summed E-state index contributed by atoms with van der Waals surface area (Å²) in [7, 11) is 0. The summed E-state index contributed by atoms with van der Waals surface area (Å²) in [6.07, 6.45) is 1.84. The van der Waals surface area contributed by atoms with Gasteiger partial charge < -0.3 is 0 Å². The molecule has 0 aliphatic heterocycles. The Bertz CT molecular complexity index is 2550. The van der Waals surface area contributed by atoms with E-state index in [9.17, 15) is 0 Å². The number of benzene rings is 6. The molecule has 5 nitrogen and oxygen atoms in total. The van der Waals surface area contributed by atoms with Crippen molar-refractivity contribution in [1.82, 2.24) is 24.9 Å². The highest BCUT2D eigenvalue weighted by Gasteiger charge is 2.15. The summed E-state index contributed by atoms with van der Waals surface area (Å²) < 4.78 is 0. The van der Waals surface area contributed by atoms with Crippen molar-refractivity contribution in [3.63, 3.8) is 0 Å². The number of hydrogen-bond donors (Lipinski definition) is 0. The van der Waals surface area contributed by atoms with Gasteiger partial charge in [0, 0.05) is 39.2 Å². The van der Waals surface area contributed by atoms with Crippen molar-refractivity contribution in [1.29, 1.82) is 0 Å². The number of fused-ring (bicyclic) bond motifs is 3. The molecule has 3 aromatic heterocycles. The van der Waals surface area contributed by atoms with Gasteiger partial charge in [-0.25, -0.2) is 19.9 Å². The van der Waals surface area contributed by atoms with Crippen LogP contribution in [0.4, 0.5) is 0 Å². The highest BCUT2D eigenvalue weighted by Crippen LogP contribution is 2.36. The second-order valence-electron chi connectivity index (χ2n) is 12.2. The van der Waals surface area contributed by atoms with Crippen LogP contribution in [0.5, 0.6) is 0 Å². The number of aromatic nitrogens is 5. The molecule has 50 heavy (non-hydrogen) atoms. The first-order chi connectivity index (χ1) is 24.8. The maximum atomic E-state index is 5.18. The van der Waals surface area contributed by atoms with E-state index in [1.807, 2.05) is 79.0 Å². The van der Waals surface area contributed by atoms with Crippen LogP contribution in [-0.2, 0) is 0 Å². The molecule has 0 saturated heterocycles. The standard InChI is InChI=1S/C45H29N5/c1-4-11-32(12-5-1)39-29-40(47-42-38(39)27-26-34-17-10-28-46-41(34)42)33-22-18-30(19-23-33)31-20-24-37(25-21-31)45-49-43(35-13-6-2-7-14-35)48-44(50-45)36-15-8-3-9-16-36/h1-29H. The van der Waals surface area contributed by atoms with Crippen molar-refractivity contribution in [3.8, 4) is 67.7 Å². The first-order valence-electron chi connectivity index (χ1n) is 16.6. The van der Waals surface area contributed by atoms with Crippen molar-refractivity contribution < 1.29 is 0 Å². The molecular formula is C45H29N5. The van der Waals surface area contributed by atoms with E-state index in [1.54, 1.807) is 0 Å². The molecule has 9 aromatic rings. The molecule has 0 radical (unpaired) electrons. The molecule has 0 bridgehead atoms. The molecule has 234 valence electrons. The largest absolute Gasteiger partial charge is 0.254 e. The van der Waals surface area contributed by atoms with Crippen molar-refractivity contribution in [2.45, 2.75) is 0 Å². The summed E-state index contributed by atoms with van der Waals surface area (Å²) in [4.78, 5) is 24.5. The van der Waals surface area contributed by atoms with Crippen LogP contribution in [0.1, 0.15) is 0 Å². The molecule has 0 spiro atoms. The summed E-state index contributed by atoms with van der Waals surface area (Å²) in [5, 5.41) is 2.17. The highest BCUT2D eigenvalue weighted by atomic mass is 15.0. The summed E-state index contributed by atoms with van der Waals surface area (Å²) in [5.41, 5.74) is 11.1. The van der Waals surface area contributed by atoms with Crippen molar-refractivity contribution in [2.24, 2.45) is 0 Å². The van der Waals surface area contributed by atoms with E-state index in [0.717, 1.165) is 72.0 Å². The van der Waals surface area contributed by atoms with Crippen LogP contribution in [0.25, 0.3) is 89.5 Å². The van der Waals surface area contributed by atoms with Crippen LogP contribution in [0.3, 0.4) is 0 Å². The smallest absolute Gasteiger partial charge is 0.164 e. The fourth-order valence-corrected chi connectivity index (χ4v) is 6.41. The molecule has 0 unspecified atom stereocenters. The normalized spacial score (nSPS) is 11.2. The lowest BCUT2D eigenvalue weighted by Gasteiger charge is -2.12. The molecule has 0 fully saturated rings. The molecule has 0 aliphatic carbocycles. The van der Waals surface area contributed by atoms with Gasteiger partial charge in [-0.15, -0.1) is 0 Å². The van der Waals surface area contributed by atoms with Gasteiger partial charge in [0.2, 0.25) is 0 Å². The number of nitrogens with zero attached hydrogens (tertiary/aromatic N) is 5. The third kappa shape index (κ3) is 5.57. The molecule has 0 N–H and O–H groups in total. The lowest BCUT2D eigenvalue weighted by atomic mass is 9.96. The lowest BCUT2D eigenvalue weighted by molar-refractivity contribution is 1.07. The SMILES string of the molecule is c1ccc(-c2nc(-c3ccccc3)nc(-c3ccc(-c4ccc(-c5cc(-c6ccccc6)c6ccc7cccnc7c6n5)cc4)cc3)n2)cc1. The van der Waals surface area contributed by atoms with Gasteiger partial charge >= 0.3 is 0 Å². The Morgan fingerprint density at radius 1 is 0.320 bits per heavy atom. The van der Waals surface area contributed by atoms with Gasteiger partial charge in [-0.3, -0.25) is 4.98 Å². The van der Waals surface area contributed by atoms with Crippen LogP contribution in [0, 0.1) is 0 Å². The fourth-order valence-electron chi connectivity index (χ4n) is 6.41. The maximum Gasteiger partial charge on any atom is 0.164 e. The third-order valence-electron chi connectivity index (χ3n) is 8.99. The molecule has 0 aliphatic rings. The molecular weight excluding hydrogens is 611 g/mol. The summed E-state index contributed by atoms with van der Waals surface area (Å²) >= 11 is 0. The first kappa shape index (κ1) is 29.3. The predicted octanol–water partition coefficient (Wildman–Crippen LogP) is 11.0. The fraction of sp³-hybridized carbons (Fsp3) is 0. The Labute approximate surface area is 289 Å². The zero-order valence-corrected chi connectivity index (χ0v) is 27.0. The van der Waals surface area contributed by atoms with Gasteiger partial charge in [0.05, 0.1) is 16.7 Å². The molecule has 0 atom stereocenters. The Morgan fingerprint density at radius 3 is 1.36 bits per heavy atom. The quantitative estimate of drug-likeness (QED) is 0.169. The molecule has 3 heterocycles. The first-order valence-corrected chi connectivity index (χ1v) is 16.6. The average molecular weight is 640 g/mol. The Kier molecular flexibility index (Phi) is 7.41. The minimum atomic E-state index is 0.637. The van der Waals surface area contributed by atoms with Crippen LogP contribution >= 0.6 is 0 Å². The highest BCUT2D eigenvalue weighted by molar-refractivity contribution is 6.09. The molecule has 0 saturated carbocycles. The van der Waals surface area contributed by atoms with Crippen LogP contribution in [0.2, 0.25) is 0 Å². The molecule has 0 amide bonds. The van der Waals surface area contributed by atoms with Gasteiger partial charge in [-0.1, -0.05) is 158 Å². The van der Waals surface area contributed by atoms with Crippen LogP contribution in [0.15, 0.2) is 176 Å². The summed E-state index contributed by atoms with van der Waals surface area (Å²) in [6, 6.07) is 58.1. The van der Waals surface area contributed by atoms with E-state index in [4.69, 9.17) is 24.9 Å². The third-order valence-corrected chi connectivity index (χ3v) is 8.99. The predicted molar refractivity (Wildman–Crippen MR) is 203 cm³/mol. The molecule has 9 rings (SSSR count). The van der Waals surface area contributed by atoms with Gasteiger partial charge in [-0.2, -0.15) is 0 Å². The van der Waals surface area contributed by atoms with Crippen molar-refractivity contribution in [3.05, 3.63) is 176 Å². The summed E-state index contributed by atoms with van der Waals surface area (Å²) in [6.45, 7) is 0. The van der Waals surface area contributed by atoms with E-state index in [-0.39, 0.29) is 0 Å². The average Bonchev–Trinajstić information content (AvgIpc) is 3.21. The number of rotatable bonds is 6. The zero-order valence-electron chi connectivity index (χ0n) is 27.0. The second kappa shape index (κ2) is 12.6. The Balaban J connectivity index is 1.07. The topological polar surface area (TPSA) is 64.5 Å². The van der Waals surface area contributed by atoms with E-state index in [1.165, 1.54) is 0 Å². The monoisotopic (exact) mass is 639 g/mol. The van der Waals surface area contributed by atoms with Crippen molar-refractivity contribution >= 4 is 21.8 Å². The van der Waals surface area contributed by atoms with Gasteiger partial charge in [0.15, 0.2) is 17.5 Å². The van der Waals surface area contributed by atoms with Crippen molar-refractivity contribution in [2.75, 3.05) is 0 Å². The Morgan fingerprint density at radius 2 is 0.800 bits per heavy atom.